The Hall–Kier alpha value is -1.71. The van der Waals surface area contributed by atoms with E-state index in [0.29, 0.717) is 19.5 Å². The second kappa shape index (κ2) is 12.7. The van der Waals surface area contributed by atoms with Gasteiger partial charge in [-0.15, -0.1) is 0 Å². The average molecular weight is 423 g/mol. The molecule has 1 aromatic rings. The summed E-state index contributed by atoms with van der Waals surface area (Å²) in [6, 6.07) is 5.16. The second-order valence-electron chi connectivity index (χ2n) is 5.99. The normalized spacial score (nSPS) is 12.8. The first kappa shape index (κ1) is 26.3. The minimum atomic E-state index is -3.96. The monoisotopic (exact) mass is 423 g/mol. The largest absolute Gasteiger partial charge is 0.394 e. The molecular weight excluding hydrogens is 394 g/mol. The van der Waals surface area contributed by atoms with E-state index in [-0.39, 0.29) is 11.4 Å². The topological polar surface area (TPSA) is 228 Å². The quantitative estimate of drug-likeness (QED) is 0.110. The first-order chi connectivity index (χ1) is 13.1. The number of nitro groups is 1. The molecule has 0 aliphatic heterocycles. The lowest BCUT2D eigenvalue weighted by Gasteiger charge is -2.20. The van der Waals surface area contributed by atoms with Crippen molar-refractivity contribution in [2.75, 3.05) is 39.5 Å². The Balaban J connectivity index is 0.000000769. The third-order valence-corrected chi connectivity index (χ3v) is 5.54. The number of nitro benzene ring substituents is 1. The minimum absolute atomic E-state index is 0.00832. The van der Waals surface area contributed by atoms with E-state index in [1.54, 1.807) is 0 Å². The number of nitrogens with two attached hydrogens (primary N) is 3. The molecule has 1 rings (SSSR count). The molecule has 0 saturated carbocycles. The van der Waals surface area contributed by atoms with Crippen LogP contribution in [0.15, 0.2) is 29.2 Å². The Morgan fingerprint density at radius 3 is 2.14 bits per heavy atom. The van der Waals surface area contributed by atoms with Crippen molar-refractivity contribution in [1.82, 2.24) is 5.32 Å². The highest BCUT2D eigenvalue weighted by Crippen LogP contribution is 2.25. The molecule has 28 heavy (non-hydrogen) atoms. The summed E-state index contributed by atoms with van der Waals surface area (Å²) >= 11 is 0. The van der Waals surface area contributed by atoms with E-state index in [1.807, 2.05) is 0 Å². The number of rotatable bonds is 11. The molecule has 1 unspecified atom stereocenters. The van der Waals surface area contributed by atoms with Crippen LogP contribution in [-0.2, 0) is 9.84 Å². The highest BCUT2D eigenvalue weighted by molar-refractivity contribution is 7.92. The molecule has 0 aliphatic rings. The van der Waals surface area contributed by atoms with Gasteiger partial charge in [-0.2, -0.15) is 0 Å². The van der Waals surface area contributed by atoms with E-state index in [9.17, 15) is 18.5 Å². The fourth-order valence-corrected chi connectivity index (χ4v) is 3.11. The van der Waals surface area contributed by atoms with Crippen molar-refractivity contribution in [3.8, 4) is 0 Å². The van der Waals surface area contributed by atoms with E-state index < -0.39 is 51.2 Å². The van der Waals surface area contributed by atoms with Crippen LogP contribution in [0.4, 0.5) is 5.69 Å². The van der Waals surface area contributed by atoms with Gasteiger partial charge in [-0.1, -0.05) is 12.1 Å². The molecule has 10 N–H and O–H groups in total. The number of nitrogens with zero attached hydrogens (tertiary/aromatic N) is 1. The van der Waals surface area contributed by atoms with Crippen LogP contribution >= 0.6 is 0 Å². The Bertz CT molecular complexity index is 690. The highest BCUT2D eigenvalue weighted by Gasteiger charge is 2.30. The van der Waals surface area contributed by atoms with E-state index >= 15 is 0 Å². The SMILES string of the molecule is NC(CO)(CO)CO.NCCCNCC(N)S(=O)(=O)c1ccccc1[N+](=O)[O-]. The van der Waals surface area contributed by atoms with Gasteiger partial charge in [-0.05, 0) is 25.6 Å². The third-order valence-electron chi connectivity index (χ3n) is 3.61. The molecule has 0 spiro atoms. The Morgan fingerprint density at radius 2 is 1.71 bits per heavy atom. The number of aliphatic hydroxyl groups excluding tert-OH is 3. The third kappa shape index (κ3) is 8.12. The van der Waals surface area contributed by atoms with Gasteiger partial charge in [0, 0.05) is 12.6 Å². The number of benzene rings is 1. The van der Waals surface area contributed by atoms with Gasteiger partial charge < -0.3 is 37.8 Å². The molecule has 0 radical (unpaired) electrons. The van der Waals surface area contributed by atoms with Crippen molar-refractivity contribution >= 4 is 15.5 Å². The van der Waals surface area contributed by atoms with Crippen LogP contribution in [-0.4, -0.2) is 79.0 Å². The molecular formula is C15H29N5O7S. The van der Waals surface area contributed by atoms with Crippen LogP contribution in [0.5, 0.6) is 0 Å². The van der Waals surface area contributed by atoms with Crippen LogP contribution in [0.3, 0.4) is 0 Å². The minimum Gasteiger partial charge on any atom is -0.394 e. The van der Waals surface area contributed by atoms with Crippen LogP contribution < -0.4 is 22.5 Å². The van der Waals surface area contributed by atoms with Crippen LogP contribution in [0.2, 0.25) is 0 Å². The van der Waals surface area contributed by atoms with Gasteiger partial charge in [0.25, 0.3) is 5.69 Å². The summed E-state index contributed by atoms with van der Waals surface area (Å²) in [5.41, 5.74) is 14.4. The summed E-state index contributed by atoms with van der Waals surface area (Å²) in [7, 11) is -3.96. The smallest absolute Gasteiger partial charge is 0.288 e. The Labute approximate surface area is 163 Å². The zero-order valence-corrected chi connectivity index (χ0v) is 16.2. The van der Waals surface area contributed by atoms with Crippen molar-refractivity contribution in [3.63, 3.8) is 0 Å². The van der Waals surface area contributed by atoms with Crippen LogP contribution in [0.25, 0.3) is 0 Å². The molecule has 162 valence electrons. The maximum Gasteiger partial charge on any atom is 0.288 e. The number of sulfone groups is 1. The van der Waals surface area contributed by atoms with E-state index in [0.717, 1.165) is 6.07 Å². The van der Waals surface area contributed by atoms with Crippen molar-refractivity contribution in [2.24, 2.45) is 17.2 Å². The standard InChI is InChI=1S/C11H18N4O4S.C4H11NO3/c12-6-3-7-14-8-11(13)20(18,19)10-5-2-1-4-9(10)15(16)17;5-4(1-6,2-7)3-8/h1-2,4-5,11,14H,3,6-8,12-13H2;6-8H,1-3,5H2. The predicted octanol–water partition coefficient (Wildman–Crippen LogP) is -2.75. The van der Waals surface area contributed by atoms with Gasteiger partial charge >= 0.3 is 0 Å². The summed E-state index contributed by atoms with van der Waals surface area (Å²) < 4.78 is 24.5. The summed E-state index contributed by atoms with van der Waals surface area (Å²) in [4.78, 5) is 9.76. The second-order valence-corrected chi connectivity index (χ2v) is 8.13. The number of aliphatic hydroxyl groups is 3. The lowest BCUT2D eigenvalue weighted by molar-refractivity contribution is -0.387. The van der Waals surface area contributed by atoms with Gasteiger partial charge in [0.1, 0.15) is 10.3 Å². The van der Waals surface area contributed by atoms with Crippen molar-refractivity contribution in [1.29, 1.82) is 0 Å². The van der Waals surface area contributed by atoms with E-state index in [2.05, 4.69) is 5.32 Å². The van der Waals surface area contributed by atoms with Gasteiger partial charge in [0.15, 0.2) is 0 Å². The molecule has 0 aliphatic carbocycles. The lowest BCUT2D eigenvalue weighted by Crippen LogP contribution is -2.50. The molecule has 1 atom stereocenters. The molecule has 12 nitrogen and oxygen atoms in total. The summed E-state index contributed by atoms with van der Waals surface area (Å²) in [6.07, 6.45) is 0.693. The van der Waals surface area contributed by atoms with Gasteiger partial charge in [-0.25, -0.2) is 8.42 Å². The number of para-hydroxylation sites is 1. The average Bonchev–Trinajstić information content (AvgIpc) is 2.70. The molecule has 13 heteroatoms. The lowest BCUT2D eigenvalue weighted by atomic mass is 10.1. The highest BCUT2D eigenvalue weighted by atomic mass is 32.2. The van der Waals surface area contributed by atoms with Gasteiger partial charge in [0.2, 0.25) is 9.84 Å². The van der Waals surface area contributed by atoms with Crippen molar-refractivity contribution in [2.45, 2.75) is 22.2 Å². The predicted molar refractivity (Wildman–Crippen MR) is 103 cm³/mol. The summed E-state index contributed by atoms with van der Waals surface area (Å²) in [6.45, 7) is -0.176. The molecule has 0 heterocycles. The first-order valence-corrected chi connectivity index (χ1v) is 9.89. The first-order valence-electron chi connectivity index (χ1n) is 8.34. The fourth-order valence-electron chi connectivity index (χ4n) is 1.74. The zero-order chi connectivity index (χ0) is 21.8. The van der Waals surface area contributed by atoms with Crippen LogP contribution in [0.1, 0.15) is 6.42 Å². The van der Waals surface area contributed by atoms with Crippen molar-refractivity contribution < 1.29 is 28.7 Å². The maximum absolute atomic E-state index is 12.2. The number of hydrogen-bond donors (Lipinski definition) is 7. The van der Waals surface area contributed by atoms with Gasteiger partial charge in [0.05, 0.1) is 30.3 Å². The molecule has 1 aromatic carbocycles. The van der Waals surface area contributed by atoms with E-state index in [1.165, 1.54) is 18.2 Å². The molecule has 0 bridgehead atoms. The number of hydrogen-bond acceptors (Lipinski definition) is 11. The molecule has 0 fully saturated rings. The zero-order valence-electron chi connectivity index (χ0n) is 15.4. The summed E-state index contributed by atoms with van der Waals surface area (Å²) in [5, 5.41) is 37.5. The van der Waals surface area contributed by atoms with Crippen LogP contribution in [0, 0.1) is 10.1 Å². The van der Waals surface area contributed by atoms with Crippen molar-refractivity contribution in [3.05, 3.63) is 34.4 Å². The Kier molecular flexibility index (Phi) is 11.9. The fraction of sp³-hybridized carbons (Fsp3) is 0.600. The molecule has 0 saturated heterocycles. The summed E-state index contributed by atoms with van der Waals surface area (Å²) in [5.74, 6) is 0. The molecule has 0 amide bonds. The molecule has 0 aromatic heterocycles. The van der Waals surface area contributed by atoms with Gasteiger partial charge in [-0.3, -0.25) is 10.1 Å². The van der Waals surface area contributed by atoms with E-state index in [4.69, 9.17) is 32.5 Å². The number of nitrogens with one attached hydrogen (secondary N) is 1. The maximum atomic E-state index is 12.2. The Morgan fingerprint density at radius 1 is 1.18 bits per heavy atom.